The second kappa shape index (κ2) is 7.46. The maximum atomic E-state index is 12.4. The molecule has 0 atom stereocenters. The molecule has 2 rings (SSSR count). The van der Waals surface area contributed by atoms with Crippen LogP contribution in [0, 0.1) is 0 Å². The van der Waals surface area contributed by atoms with E-state index in [1.165, 1.54) is 11.3 Å². The first kappa shape index (κ1) is 16.6. The van der Waals surface area contributed by atoms with Crippen molar-refractivity contribution in [3.8, 4) is 0 Å². The molecule has 116 valence electrons. The smallest absolute Gasteiger partial charge is 0.242 e. The fourth-order valence-corrected chi connectivity index (χ4v) is 5.06. The van der Waals surface area contributed by atoms with Gasteiger partial charge in [-0.3, -0.25) is 0 Å². The first-order valence-corrected chi connectivity index (χ1v) is 9.95. The summed E-state index contributed by atoms with van der Waals surface area (Å²) in [5, 5.41) is 5.75. The van der Waals surface area contributed by atoms with Crippen molar-refractivity contribution < 1.29 is 8.42 Å². The molecule has 0 aliphatic rings. The Morgan fingerprint density at radius 1 is 1.29 bits per heavy atom. The van der Waals surface area contributed by atoms with Crippen molar-refractivity contribution in [3.05, 3.63) is 32.4 Å². The quantitative estimate of drug-likeness (QED) is 0.770. The van der Waals surface area contributed by atoms with E-state index in [0.717, 1.165) is 27.7 Å². The van der Waals surface area contributed by atoms with Crippen LogP contribution < -0.4 is 10.0 Å². The maximum absolute atomic E-state index is 12.4. The van der Waals surface area contributed by atoms with Crippen LogP contribution in [0.1, 0.15) is 28.6 Å². The van der Waals surface area contributed by atoms with Crippen molar-refractivity contribution in [1.82, 2.24) is 15.0 Å². The largest absolute Gasteiger partial charge is 0.312 e. The molecule has 5 nitrogen and oxygen atoms in total. The van der Waals surface area contributed by atoms with E-state index >= 15 is 0 Å². The molecule has 0 aromatic carbocycles. The van der Waals surface area contributed by atoms with E-state index in [1.54, 1.807) is 29.0 Å². The third-order valence-electron chi connectivity index (χ3n) is 2.89. The molecule has 0 radical (unpaired) electrons. The minimum absolute atomic E-state index is 0.240. The molecular formula is C13H19N3O2S3. The molecule has 21 heavy (non-hydrogen) atoms. The molecule has 2 N–H and O–H groups in total. The van der Waals surface area contributed by atoms with Crippen LogP contribution in [0.2, 0.25) is 0 Å². The Bertz CT molecular complexity index is 676. The number of nitrogens with one attached hydrogen (secondary N) is 2. The molecule has 8 heteroatoms. The summed E-state index contributed by atoms with van der Waals surface area (Å²) in [6.07, 6.45) is 2.72. The van der Waals surface area contributed by atoms with Crippen molar-refractivity contribution in [2.45, 2.75) is 38.3 Å². The van der Waals surface area contributed by atoms with Crippen LogP contribution in [0.4, 0.5) is 0 Å². The van der Waals surface area contributed by atoms with Crippen LogP contribution >= 0.6 is 22.7 Å². The summed E-state index contributed by atoms with van der Waals surface area (Å²) in [5.74, 6) is 0. The lowest BCUT2D eigenvalue weighted by atomic mass is 10.4. The maximum Gasteiger partial charge on any atom is 0.242 e. The van der Waals surface area contributed by atoms with Gasteiger partial charge < -0.3 is 5.32 Å². The first-order valence-electron chi connectivity index (χ1n) is 6.77. The molecule has 0 spiro atoms. The molecule has 0 aliphatic heterocycles. The topological polar surface area (TPSA) is 71.1 Å². The zero-order valence-corrected chi connectivity index (χ0v) is 14.5. The van der Waals surface area contributed by atoms with Gasteiger partial charge in [0.25, 0.3) is 0 Å². The summed E-state index contributed by atoms with van der Waals surface area (Å²) in [6.45, 7) is 5.67. The second-order valence-corrected chi connectivity index (χ2v) is 8.32. The van der Waals surface area contributed by atoms with Gasteiger partial charge in [-0.25, -0.2) is 18.1 Å². The summed E-state index contributed by atoms with van der Waals surface area (Å²) in [5.41, 5.74) is 0. The third kappa shape index (κ3) is 4.33. The Morgan fingerprint density at radius 3 is 2.76 bits per heavy atom. The van der Waals surface area contributed by atoms with Crippen LogP contribution in [0.5, 0.6) is 0 Å². The second-order valence-electron chi connectivity index (χ2n) is 4.39. The molecule has 0 bridgehead atoms. The molecular weight excluding hydrogens is 326 g/mol. The number of thiazole rings is 1. The Balaban J connectivity index is 2.06. The normalized spacial score (nSPS) is 11.9. The predicted octanol–water partition coefficient (Wildman–Crippen LogP) is 2.36. The number of hydrogen-bond donors (Lipinski definition) is 2. The third-order valence-corrected chi connectivity index (χ3v) is 6.57. The summed E-state index contributed by atoms with van der Waals surface area (Å²) < 4.78 is 27.4. The van der Waals surface area contributed by atoms with Gasteiger partial charge >= 0.3 is 0 Å². The first-order chi connectivity index (χ1) is 10.1. The molecule has 0 saturated heterocycles. The Labute approximate surface area is 133 Å². The van der Waals surface area contributed by atoms with Gasteiger partial charge in [-0.05, 0) is 24.4 Å². The Kier molecular flexibility index (Phi) is 5.88. The van der Waals surface area contributed by atoms with Crippen molar-refractivity contribution >= 4 is 32.7 Å². The number of thiophene rings is 1. The average Bonchev–Trinajstić information content (AvgIpc) is 3.12. The van der Waals surface area contributed by atoms with Crippen molar-refractivity contribution in [3.63, 3.8) is 0 Å². The summed E-state index contributed by atoms with van der Waals surface area (Å²) >= 11 is 2.99. The SMILES string of the molecule is CCNCc1sccc1S(=O)(=O)NCc1ncc(CC)s1. The lowest BCUT2D eigenvalue weighted by Gasteiger charge is -2.07. The molecule has 2 heterocycles. The summed E-state index contributed by atoms with van der Waals surface area (Å²) in [6, 6.07) is 1.65. The van der Waals surface area contributed by atoms with E-state index in [4.69, 9.17) is 0 Å². The highest BCUT2D eigenvalue weighted by Gasteiger charge is 2.19. The van der Waals surface area contributed by atoms with E-state index in [9.17, 15) is 8.42 Å². The number of sulfonamides is 1. The highest BCUT2D eigenvalue weighted by molar-refractivity contribution is 7.89. The van der Waals surface area contributed by atoms with Crippen molar-refractivity contribution in [1.29, 1.82) is 0 Å². The molecule has 0 unspecified atom stereocenters. The van der Waals surface area contributed by atoms with Crippen LogP contribution in [0.25, 0.3) is 0 Å². The predicted molar refractivity (Wildman–Crippen MR) is 87.2 cm³/mol. The van der Waals surface area contributed by atoms with Gasteiger partial charge in [-0.1, -0.05) is 13.8 Å². The number of aryl methyl sites for hydroxylation is 1. The molecule has 0 fully saturated rings. The highest BCUT2D eigenvalue weighted by atomic mass is 32.2. The van der Waals surface area contributed by atoms with E-state index in [1.807, 2.05) is 6.92 Å². The van der Waals surface area contributed by atoms with Gasteiger partial charge in [0.2, 0.25) is 10.0 Å². The Hall–Kier alpha value is -0.800. The van der Waals surface area contributed by atoms with Crippen LogP contribution in [0.3, 0.4) is 0 Å². The lowest BCUT2D eigenvalue weighted by Crippen LogP contribution is -2.24. The van der Waals surface area contributed by atoms with Gasteiger partial charge in [0.1, 0.15) is 5.01 Å². The van der Waals surface area contributed by atoms with E-state index < -0.39 is 10.0 Å². The fourth-order valence-electron chi connectivity index (χ4n) is 1.76. The average molecular weight is 346 g/mol. The van der Waals surface area contributed by atoms with E-state index in [0.29, 0.717) is 11.4 Å². The number of rotatable bonds is 8. The number of aromatic nitrogens is 1. The summed E-state index contributed by atoms with van der Waals surface area (Å²) in [7, 11) is -3.49. The van der Waals surface area contributed by atoms with Crippen molar-refractivity contribution in [2.24, 2.45) is 0 Å². The zero-order valence-electron chi connectivity index (χ0n) is 12.0. The molecule has 2 aromatic heterocycles. The Morgan fingerprint density at radius 2 is 2.10 bits per heavy atom. The number of hydrogen-bond acceptors (Lipinski definition) is 6. The van der Waals surface area contributed by atoms with Gasteiger partial charge in [0.05, 0.1) is 11.4 Å². The van der Waals surface area contributed by atoms with Gasteiger partial charge in [0, 0.05) is 22.5 Å². The lowest BCUT2D eigenvalue weighted by molar-refractivity contribution is 0.579. The minimum Gasteiger partial charge on any atom is -0.312 e. The van der Waals surface area contributed by atoms with Crippen LogP contribution in [-0.4, -0.2) is 19.9 Å². The molecule has 0 amide bonds. The summed E-state index contributed by atoms with van der Waals surface area (Å²) in [4.78, 5) is 6.58. The van der Waals surface area contributed by atoms with Gasteiger partial charge in [-0.15, -0.1) is 22.7 Å². The fraction of sp³-hybridized carbons (Fsp3) is 0.462. The van der Waals surface area contributed by atoms with Gasteiger partial charge in [-0.2, -0.15) is 0 Å². The minimum atomic E-state index is -3.49. The molecule has 0 aliphatic carbocycles. The van der Waals surface area contributed by atoms with Crippen LogP contribution in [-0.2, 0) is 29.5 Å². The van der Waals surface area contributed by atoms with Gasteiger partial charge in [0.15, 0.2) is 0 Å². The molecule has 0 saturated carbocycles. The standard InChI is InChI=1S/C13H19N3O2S3/c1-3-10-7-15-13(20-10)9-16-21(17,18)12-5-6-19-11(12)8-14-4-2/h5-7,14,16H,3-4,8-9H2,1-2H3. The van der Waals surface area contributed by atoms with E-state index in [-0.39, 0.29) is 6.54 Å². The van der Waals surface area contributed by atoms with E-state index in [2.05, 4.69) is 21.9 Å². The monoisotopic (exact) mass is 345 g/mol. The zero-order chi connectivity index (χ0) is 15.3. The van der Waals surface area contributed by atoms with Crippen LogP contribution in [0.15, 0.2) is 22.5 Å². The molecule has 2 aromatic rings. The highest BCUT2D eigenvalue weighted by Crippen LogP contribution is 2.22. The number of nitrogens with zero attached hydrogens (tertiary/aromatic N) is 1. The van der Waals surface area contributed by atoms with Crippen molar-refractivity contribution in [2.75, 3.05) is 6.54 Å².